The SMILES string of the molecule is Cc1ccc(N(c2ccc(C)cc2)C2[B]c3ccccc3N2c2ccccc2)cc1. The molecule has 4 aromatic carbocycles. The van der Waals surface area contributed by atoms with E-state index in [9.17, 15) is 0 Å². The van der Waals surface area contributed by atoms with Gasteiger partial charge in [0, 0.05) is 22.7 Å². The molecule has 1 atom stereocenters. The highest BCUT2D eigenvalue weighted by Crippen LogP contribution is 2.37. The third-order valence-corrected chi connectivity index (χ3v) is 5.71. The van der Waals surface area contributed by atoms with Crippen molar-refractivity contribution in [3.8, 4) is 0 Å². The van der Waals surface area contributed by atoms with E-state index in [4.69, 9.17) is 0 Å². The number of anilines is 4. The topological polar surface area (TPSA) is 6.48 Å². The van der Waals surface area contributed by atoms with Gasteiger partial charge in [0.15, 0.2) is 0 Å². The summed E-state index contributed by atoms with van der Waals surface area (Å²) in [5.41, 5.74) is 8.57. The van der Waals surface area contributed by atoms with E-state index in [1.165, 1.54) is 39.3 Å². The normalized spacial score (nSPS) is 14.9. The number of hydrogen-bond acceptors (Lipinski definition) is 2. The maximum absolute atomic E-state index is 2.43. The van der Waals surface area contributed by atoms with Gasteiger partial charge < -0.3 is 9.80 Å². The highest BCUT2D eigenvalue weighted by Gasteiger charge is 2.36. The van der Waals surface area contributed by atoms with Crippen molar-refractivity contribution in [2.75, 3.05) is 9.80 Å². The van der Waals surface area contributed by atoms with Crippen molar-refractivity contribution in [3.05, 3.63) is 114 Å². The largest absolute Gasteiger partial charge is 0.328 e. The van der Waals surface area contributed by atoms with E-state index in [1.54, 1.807) is 0 Å². The fourth-order valence-electron chi connectivity index (χ4n) is 4.16. The van der Waals surface area contributed by atoms with Crippen molar-refractivity contribution < 1.29 is 0 Å². The van der Waals surface area contributed by atoms with Crippen molar-refractivity contribution in [2.45, 2.75) is 19.9 Å². The molecule has 0 aliphatic carbocycles. The lowest BCUT2D eigenvalue weighted by Crippen LogP contribution is -2.45. The average Bonchev–Trinajstić information content (AvgIpc) is 3.16. The Kier molecular flexibility index (Phi) is 4.80. The fourth-order valence-corrected chi connectivity index (χ4v) is 4.16. The van der Waals surface area contributed by atoms with Gasteiger partial charge in [-0.3, -0.25) is 0 Å². The molecule has 0 fully saturated rings. The second-order valence-corrected chi connectivity index (χ2v) is 7.89. The summed E-state index contributed by atoms with van der Waals surface area (Å²) in [6.07, 6.45) is 0. The van der Waals surface area contributed by atoms with Crippen molar-refractivity contribution in [1.82, 2.24) is 0 Å². The van der Waals surface area contributed by atoms with Crippen LogP contribution in [0.25, 0.3) is 0 Å². The molecular weight excluding hydrogens is 363 g/mol. The zero-order valence-electron chi connectivity index (χ0n) is 17.4. The van der Waals surface area contributed by atoms with E-state index in [-0.39, 0.29) is 6.07 Å². The van der Waals surface area contributed by atoms with Gasteiger partial charge in [-0.2, -0.15) is 0 Å². The Bertz CT molecular complexity index is 1090. The number of benzene rings is 4. The Balaban J connectivity index is 1.67. The predicted octanol–water partition coefficient (Wildman–Crippen LogP) is 5.91. The first-order valence-electron chi connectivity index (χ1n) is 10.4. The maximum Gasteiger partial charge on any atom is 0.212 e. The second kappa shape index (κ2) is 7.76. The third kappa shape index (κ3) is 3.37. The summed E-state index contributed by atoms with van der Waals surface area (Å²) in [5.74, 6) is 0. The fraction of sp³-hybridized carbons (Fsp3) is 0.111. The molecule has 0 N–H and O–H groups in total. The van der Waals surface area contributed by atoms with Crippen LogP contribution in [0.5, 0.6) is 0 Å². The summed E-state index contributed by atoms with van der Waals surface area (Å²) in [7, 11) is 2.36. The number of hydrogen-bond donors (Lipinski definition) is 0. The van der Waals surface area contributed by atoms with E-state index in [2.05, 4.69) is 134 Å². The van der Waals surface area contributed by atoms with Crippen LogP contribution < -0.4 is 15.3 Å². The highest BCUT2D eigenvalue weighted by atomic mass is 15.4. The van der Waals surface area contributed by atoms with Crippen LogP contribution in [0, 0.1) is 13.8 Å². The molecule has 1 unspecified atom stereocenters. The van der Waals surface area contributed by atoms with Crippen LogP contribution in [-0.2, 0) is 0 Å². The Morgan fingerprint density at radius 3 is 1.77 bits per heavy atom. The molecule has 1 heterocycles. The van der Waals surface area contributed by atoms with Gasteiger partial charge in [0.05, 0.1) is 6.07 Å². The number of nitrogens with zero attached hydrogens (tertiary/aromatic N) is 2. The minimum atomic E-state index is 0.0372. The lowest BCUT2D eigenvalue weighted by Gasteiger charge is -2.39. The van der Waals surface area contributed by atoms with Crippen molar-refractivity contribution in [1.29, 1.82) is 0 Å². The van der Waals surface area contributed by atoms with E-state index >= 15 is 0 Å². The molecular formula is C27H24BN2. The monoisotopic (exact) mass is 387 g/mol. The smallest absolute Gasteiger partial charge is 0.212 e. The number of rotatable bonds is 4. The summed E-state index contributed by atoms with van der Waals surface area (Å²) in [6, 6.07) is 37.0. The van der Waals surface area contributed by atoms with Gasteiger partial charge in [-0.15, -0.1) is 0 Å². The van der Waals surface area contributed by atoms with Gasteiger partial charge in [0.2, 0.25) is 7.28 Å². The zero-order valence-corrected chi connectivity index (χ0v) is 17.4. The van der Waals surface area contributed by atoms with E-state index in [1.807, 2.05) is 0 Å². The molecule has 145 valence electrons. The molecule has 1 aliphatic heterocycles. The molecule has 1 radical (unpaired) electrons. The third-order valence-electron chi connectivity index (χ3n) is 5.71. The van der Waals surface area contributed by atoms with Crippen LogP contribution in [0.15, 0.2) is 103 Å². The van der Waals surface area contributed by atoms with Gasteiger partial charge in [-0.1, -0.05) is 77.3 Å². The Morgan fingerprint density at radius 1 is 0.633 bits per heavy atom. The molecule has 5 rings (SSSR count). The summed E-state index contributed by atoms with van der Waals surface area (Å²) in [5, 5.41) is 0. The van der Waals surface area contributed by atoms with Crippen LogP contribution in [0.2, 0.25) is 0 Å². The first-order valence-corrected chi connectivity index (χ1v) is 10.4. The number of para-hydroxylation sites is 2. The van der Waals surface area contributed by atoms with Crippen LogP contribution in [0.3, 0.4) is 0 Å². The molecule has 0 aromatic heterocycles. The summed E-state index contributed by atoms with van der Waals surface area (Å²) in [6.45, 7) is 4.27. The van der Waals surface area contributed by atoms with Crippen molar-refractivity contribution in [3.63, 3.8) is 0 Å². The quantitative estimate of drug-likeness (QED) is 0.402. The second-order valence-electron chi connectivity index (χ2n) is 7.89. The first-order chi connectivity index (χ1) is 14.7. The van der Waals surface area contributed by atoms with Crippen molar-refractivity contribution in [2.24, 2.45) is 0 Å². The lowest BCUT2D eigenvalue weighted by molar-refractivity contribution is 0.864. The van der Waals surface area contributed by atoms with E-state index in [0.29, 0.717) is 0 Å². The van der Waals surface area contributed by atoms with Gasteiger partial charge in [0.1, 0.15) is 0 Å². The van der Waals surface area contributed by atoms with Crippen LogP contribution in [0.4, 0.5) is 22.7 Å². The lowest BCUT2D eigenvalue weighted by atomic mass is 9.68. The summed E-state index contributed by atoms with van der Waals surface area (Å²) in [4.78, 5) is 4.85. The number of aryl methyl sites for hydroxylation is 2. The standard InChI is InChI=1S/C27H24BN2/c1-20-12-16-23(17-13-20)29(24-18-14-21(2)15-19-24)27-28-25-10-6-7-11-26(25)30(27)22-8-4-3-5-9-22/h3-19,27H,1-2H3. The average molecular weight is 387 g/mol. The molecule has 0 amide bonds. The van der Waals surface area contributed by atoms with Gasteiger partial charge in [-0.25, -0.2) is 0 Å². The molecule has 0 spiro atoms. The first kappa shape index (κ1) is 18.6. The molecule has 4 aromatic rings. The Hall–Kier alpha value is -3.46. The van der Waals surface area contributed by atoms with Crippen LogP contribution in [0.1, 0.15) is 11.1 Å². The molecule has 2 nitrogen and oxygen atoms in total. The maximum atomic E-state index is 2.43. The Labute approximate surface area is 179 Å². The van der Waals surface area contributed by atoms with Crippen molar-refractivity contribution >= 4 is 35.5 Å². The summed E-state index contributed by atoms with van der Waals surface area (Å²) >= 11 is 0. The zero-order chi connectivity index (χ0) is 20.5. The van der Waals surface area contributed by atoms with Gasteiger partial charge in [-0.05, 0) is 56.3 Å². The summed E-state index contributed by atoms with van der Waals surface area (Å²) < 4.78 is 0. The molecule has 3 heteroatoms. The van der Waals surface area contributed by atoms with Gasteiger partial charge >= 0.3 is 0 Å². The number of fused-ring (bicyclic) bond motifs is 1. The van der Waals surface area contributed by atoms with E-state index < -0.39 is 0 Å². The Morgan fingerprint density at radius 2 is 1.17 bits per heavy atom. The predicted molar refractivity (Wildman–Crippen MR) is 129 cm³/mol. The minimum Gasteiger partial charge on any atom is -0.328 e. The molecule has 30 heavy (non-hydrogen) atoms. The molecule has 0 bridgehead atoms. The molecule has 0 saturated carbocycles. The van der Waals surface area contributed by atoms with E-state index in [0.717, 1.165) is 0 Å². The molecule has 1 aliphatic rings. The van der Waals surface area contributed by atoms with Gasteiger partial charge in [0.25, 0.3) is 0 Å². The highest BCUT2D eigenvalue weighted by molar-refractivity contribution is 6.61. The molecule has 0 saturated heterocycles. The van der Waals surface area contributed by atoms with Crippen LogP contribution in [-0.4, -0.2) is 13.3 Å². The van der Waals surface area contributed by atoms with Crippen LogP contribution >= 0.6 is 0 Å². The minimum absolute atomic E-state index is 0.0372.